The predicted octanol–water partition coefficient (Wildman–Crippen LogP) is 2.89. The Morgan fingerprint density at radius 1 is 1.22 bits per heavy atom. The van der Waals surface area contributed by atoms with Crippen LogP contribution in [0.4, 0.5) is 0 Å². The molecule has 8 heteroatoms. The minimum Gasteiger partial charge on any atom is -0.480 e. The number of aryl methyl sites for hydroxylation is 1. The highest BCUT2D eigenvalue weighted by molar-refractivity contribution is 7.13. The molecule has 0 aliphatic heterocycles. The molecule has 3 aromatic rings. The Hall–Kier alpha value is -3.00. The third-order valence-electron chi connectivity index (χ3n) is 4.18. The van der Waals surface area contributed by atoms with Crippen molar-refractivity contribution >= 4 is 23.2 Å². The molecule has 1 amide bonds. The molecule has 1 unspecified atom stereocenters. The summed E-state index contributed by atoms with van der Waals surface area (Å²) < 4.78 is 5.18. The number of hydrogen-bond acceptors (Lipinski definition) is 6. The average molecular weight is 385 g/mol. The van der Waals surface area contributed by atoms with Crippen LogP contribution in [0.25, 0.3) is 10.7 Å². The second-order valence-corrected chi connectivity index (χ2v) is 6.99. The van der Waals surface area contributed by atoms with Gasteiger partial charge in [-0.2, -0.15) is 4.98 Å². The molecule has 1 atom stereocenters. The number of aromatic nitrogens is 2. The smallest absolute Gasteiger partial charge is 0.326 e. The summed E-state index contributed by atoms with van der Waals surface area (Å²) in [5, 5.41) is 15.3. The number of carbonyl (C=O) groups excluding carboxylic acids is 1. The molecule has 0 saturated carbocycles. The first kappa shape index (κ1) is 18.8. The van der Waals surface area contributed by atoms with Crippen LogP contribution in [0, 0.1) is 0 Å². The van der Waals surface area contributed by atoms with Gasteiger partial charge in [-0.1, -0.05) is 41.6 Å². The standard InChI is InChI=1S/C19H19N3O4S/c1-22(14(19(24)25)12-13-6-3-2-4-7-13)17(23)10-9-16-20-18(21-26-16)15-8-5-11-27-15/h2-8,11,14H,9-10,12H2,1H3,(H,24,25). The first-order valence-corrected chi connectivity index (χ1v) is 9.31. The van der Waals surface area contributed by atoms with Crippen molar-refractivity contribution in [2.24, 2.45) is 0 Å². The van der Waals surface area contributed by atoms with Crippen LogP contribution >= 0.6 is 11.3 Å². The summed E-state index contributed by atoms with van der Waals surface area (Å²) in [6.45, 7) is 0. The Morgan fingerprint density at radius 3 is 2.67 bits per heavy atom. The van der Waals surface area contributed by atoms with Crippen molar-refractivity contribution in [1.29, 1.82) is 0 Å². The fraction of sp³-hybridized carbons (Fsp3) is 0.263. The largest absolute Gasteiger partial charge is 0.480 e. The number of carboxylic acids is 1. The molecule has 2 heterocycles. The van der Waals surface area contributed by atoms with Gasteiger partial charge in [0.2, 0.25) is 17.6 Å². The molecule has 0 spiro atoms. The number of aliphatic carboxylic acids is 1. The van der Waals surface area contributed by atoms with E-state index in [0.29, 0.717) is 11.7 Å². The molecule has 2 aromatic heterocycles. The van der Waals surface area contributed by atoms with Crippen LogP contribution in [0.1, 0.15) is 17.9 Å². The van der Waals surface area contributed by atoms with Crippen LogP contribution in [0.3, 0.4) is 0 Å². The molecule has 7 nitrogen and oxygen atoms in total. The normalized spacial score (nSPS) is 11.9. The minimum absolute atomic E-state index is 0.0984. The lowest BCUT2D eigenvalue weighted by Gasteiger charge is -2.25. The van der Waals surface area contributed by atoms with Crippen molar-refractivity contribution in [2.75, 3.05) is 7.05 Å². The zero-order valence-corrected chi connectivity index (χ0v) is 15.6. The van der Waals surface area contributed by atoms with E-state index in [1.54, 1.807) is 0 Å². The van der Waals surface area contributed by atoms with E-state index < -0.39 is 12.0 Å². The average Bonchev–Trinajstić information content (AvgIpc) is 3.35. The van der Waals surface area contributed by atoms with E-state index >= 15 is 0 Å². The lowest BCUT2D eigenvalue weighted by atomic mass is 10.0. The van der Waals surface area contributed by atoms with E-state index in [1.165, 1.54) is 23.3 Å². The highest BCUT2D eigenvalue weighted by Crippen LogP contribution is 2.21. The summed E-state index contributed by atoms with van der Waals surface area (Å²) >= 11 is 1.50. The summed E-state index contributed by atoms with van der Waals surface area (Å²) in [6.07, 6.45) is 0.613. The molecular weight excluding hydrogens is 366 g/mol. The SMILES string of the molecule is CN(C(=O)CCc1nc(-c2cccs2)no1)C(Cc1ccccc1)C(=O)O. The van der Waals surface area contributed by atoms with Gasteiger partial charge in [0, 0.05) is 26.3 Å². The number of rotatable bonds is 8. The molecule has 0 fully saturated rings. The van der Waals surface area contributed by atoms with Gasteiger partial charge in [0.25, 0.3) is 0 Å². The van der Waals surface area contributed by atoms with Crippen LogP contribution in [0.15, 0.2) is 52.4 Å². The number of carboxylic acid groups (broad SMARTS) is 1. The van der Waals surface area contributed by atoms with Crippen LogP contribution < -0.4 is 0 Å². The second kappa shape index (κ2) is 8.59. The van der Waals surface area contributed by atoms with E-state index in [1.807, 2.05) is 47.8 Å². The second-order valence-electron chi connectivity index (χ2n) is 6.04. The fourth-order valence-corrected chi connectivity index (χ4v) is 3.30. The van der Waals surface area contributed by atoms with Crippen molar-refractivity contribution in [3.05, 3.63) is 59.3 Å². The molecule has 0 aliphatic rings. The number of thiophene rings is 1. The summed E-state index contributed by atoms with van der Waals surface area (Å²) in [6, 6.07) is 12.1. The van der Waals surface area contributed by atoms with Gasteiger partial charge in [0.05, 0.1) is 4.88 Å². The van der Waals surface area contributed by atoms with E-state index in [2.05, 4.69) is 10.1 Å². The first-order valence-electron chi connectivity index (χ1n) is 8.43. The first-order chi connectivity index (χ1) is 13.0. The zero-order chi connectivity index (χ0) is 19.2. The Balaban J connectivity index is 1.59. The molecular formula is C19H19N3O4S. The van der Waals surface area contributed by atoms with Crippen molar-refractivity contribution < 1.29 is 19.2 Å². The van der Waals surface area contributed by atoms with Crippen molar-refractivity contribution in [2.45, 2.75) is 25.3 Å². The summed E-state index contributed by atoms with van der Waals surface area (Å²) in [4.78, 5) is 30.5. The molecule has 0 aliphatic carbocycles. The molecule has 0 radical (unpaired) electrons. The Bertz CT molecular complexity index is 893. The Morgan fingerprint density at radius 2 is 2.00 bits per heavy atom. The van der Waals surface area contributed by atoms with Crippen molar-refractivity contribution in [3.63, 3.8) is 0 Å². The maximum absolute atomic E-state index is 12.5. The van der Waals surface area contributed by atoms with Gasteiger partial charge in [-0.05, 0) is 17.0 Å². The lowest BCUT2D eigenvalue weighted by molar-refractivity contribution is -0.149. The number of benzene rings is 1. The van der Waals surface area contributed by atoms with Crippen molar-refractivity contribution in [1.82, 2.24) is 15.0 Å². The molecule has 0 saturated heterocycles. The monoisotopic (exact) mass is 385 g/mol. The van der Waals surface area contributed by atoms with Gasteiger partial charge >= 0.3 is 5.97 Å². The topological polar surface area (TPSA) is 96.5 Å². The van der Waals surface area contributed by atoms with Gasteiger partial charge < -0.3 is 14.5 Å². The third kappa shape index (κ3) is 4.79. The Kier molecular flexibility index (Phi) is 5.97. The van der Waals surface area contributed by atoms with Crippen LogP contribution in [-0.2, 0) is 22.4 Å². The molecule has 1 N–H and O–H groups in total. The van der Waals surface area contributed by atoms with E-state index in [4.69, 9.17) is 4.52 Å². The highest BCUT2D eigenvalue weighted by Gasteiger charge is 2.27. The highest BCUT2D eigenvalue weighted by atomic mass is 32.1. The summed E-state index contributed by atoms with van der Waals surface area (Å²) in [7, 11) is 1.51. The Labute approximate surface area is 160 Å². The summed E-state index contributed by atoms with van der Waals surface area (Å²) in [5.41, 5.74) is 0.863. The van der Waals surface area contributed by atoms with Gasteiger partial charge in [-0.3, -0.25) is 4.79 Å². The van der Waals surface area contributed by atoms with Crippen LogP contribution in [0.5, 0.6) is 0 Å². The van der Waals surface area contributed by atoms with Gasteiger partial charge in [-0.15, -0.1) is 11.3 Å². The van der Waals surface area contributed by atoms with Crippen molar-refractivity contribution in [3.8, 4) is 10.7 Å². The minimum atomic E-state index is -1.03. The molecule has 1 aromatic carbocycles. The number of amides is 1. The molecule has 27 heavy (non-hydrogen) atoms. The van der Waals surface area contributed by atoms with Gasteiger partial charge in [0.15, 0.2) is 0 Å². The van der Waals surface area contributed by atoms with Gasteiger partial charge in [-0.25, -0.2) is 4.79 Å². The lowest BCUT2D eigenvalue weighted by Crippen LogP contribution is -2.43. The molecule has 3 rings (SSSR count). The van der Waals surface area contributed by atoms with E-state index in [0.717, 1.165) is 10.4 Å². The zero-order valence-electron chi connectivity index (χ0n) is 14.7. The maximum Gasteiger partial charge on any atom is 0.326 e. The van der Waals surface area contributed by atoms with Crippen LogP contribution in [0.2, 0.25) is 0 Å². The molecule has 140 valence electrons. The van der Waals surface area contributed by atoms with E-state index in [9.17, 15) is 14.7 Å². The van der Waals surface area contributed by atoms with Gasteiger partial charge in [0.1, 0.15) is 6.04 Å². The van der Waals surface area contributed by atoms with E-state index in [-0.39, 0.29) is 25.2 Å². The number of likely N-dealkylation sites (N-methyl/N-ethyl adjacent to an activating group) is 1. The quantitative estimate of drug-likeness (QED) is 0.640. The number of nitrogens with zero attached hydrogens (tertiary/aromatic N) is 3. The predicted molar refractivity (Wildman–Crippen MR) is 100 cm³/mol. The fourth-order valence-electron chi connectivity index (χ4n) is 2.65. The number of hydrogen-bond donors (Lipinski definition) is 1. The maximum atomic E-state index is 12.5. The molecule has 0 bridgehead atoms. The third-order valence-corrected chi connectivity index (χ3v) is 5.05. The summed E-state index contributed by atoms with van der Waals surface area (Å²) in [5.74, 6) is -0.468. The number of carbonyl (C=O) groups is 2. The van der Waals surface area contributed by atoms with Crippen LogP contribution in [-0.4, -0.2) is 45.1 Å².